The molecule has 6 nitrogen and oxygen atoms in total. The highest BCUT2D eigenvalue weighted by atomic mass is 16.3. The number of allylic oxidation sites excluding steroid dienone is 1. The fourth-order valence-electron chi connectivity index (χ4n) is 4.01. The Morgan fingerprint density at radius 2 is 1.74 bits per heavy atom. The minimum atomic E-state index is -0.561. The van der Waals surface area contributed by atoms with Gasteiger partial charge in [-0.05, 0) is 54.8 Å². The maximum Gasteiger partial charge on any atom is 0.265 e. The normalized spacial score (nSPS) is 12.2. The predicted molar refractivity (Wildman–Crippen MR) is 135 cm³/mol. The fraction of sp³-hybridized carbons (Fsp3) is 0.143. The summed E-state index contributed by atoms with van der Waals surface area (Å²) in [5, 5.41) is 24.7. The molecule has 0 aliphatic rings. The van der Waals surface area contributed by atoms with Crippen LogP contribution in [0.15, 0.2) is 89.7 Å². The van der Waals surface area contributed by atoms with Crippen molar-refractivity contribution < 1.29 is 15.0 Å². The van der Waals surface area contributed by atoms with Crippen LogP contribution in [0.4, 0.5) is 5.69 Å². The number of hydrogen-bond acceptors (Lipinski definition) is 5. The molecule has 1 atom stereocenters. The van der Waals surface area contributed by atoms with Crippen molar-refractivity contribution in [2.75, 3.05) is 5.32 Å². The van der Waals surface area contributed by atoms with Crippen LogP contribution in [0.25, 0.3) is 10.9 Å². The van der Waals surface area contributed by atoms with Gasteiger partial charge in [-0.25, -0.2) is 0 Å². The summed E-state index contributed by atoms with van der Waals surface area (Å²) in [7, 11) is 1.58. The highest BCUT2D eigenvalue weighted by molar-refractivity contribution is 6.09. The molecule has 172 valence electrons. The van der Waals surface area contributed by atoms with E-state index in [1.807, 2.05) is 49.4 Å². The standard InChI is InChI=1S/C28H26N2O4/c1-18-15-16-24(31)22(17-18)29-21(19-9-4-3-5-10-19)12-8-14-25(32)26-27(33)20-11-6-7-13-23(20)30(2)28(26)34/h3-11,13-17,21,29,31,33H,12H2,1-2H3/b14-8+/t21-/m0/s1. The average molecular weight is 455 g/mol. The summed E-state index contributed by atoms with van der Waals surface area (Å²) in [4.78, 5) is 25.7. The molecule has 1 heterocycles. The maximum atomic E-state index is 12.9. The number of nitrogens with zero attached hydrogens (tertiary/aromatic N) is 1. The third kappa shape index (κ3) is 4.57. The monoisotopic (exact) mass is 454 g/mol. The van der Waals surface area contributed by atoms with Gasteiger partial charge in [0, 0.05) is 12.4 Å². The Morgan fingerprint density at radius 1 is 1.03 bits per heavy atom. The third-order valence-corrected chi connectivity index (χ3v) is 5.85. The summed E-state index contributed by atoms with van der Waals surface area (Å²) in [6.45, 7) is 1.94. The second-order valence-corrected chi connectivity index (χ2v) is 8.24. The van der Waals surface area contributed by atoms with Crippen molar-refractivity contribution in [2.45, 2.75) is 19.4 Å². The number of carbonyl (C=O) groups excluding carboxylic acids is 1. The lowest BCUT2D eigenvalue weighted by Gasteiger charge is -2.20. The van der Waals surface area contributed by atoms with Crippen molar-refractivity contribution in [3.05, 3.63) is 112 Å². The van der Waals surface area contributed by atoms with E-state index in [0.717, 1.165) is 11.1 Å². The molecule has 0 amide bonds. The zero-order chi connectivity index (χ0) is 24.2. The fourth-order valence-corrected chi connectivity index (χ4v) is 4.01. The Labute approximate surface area is 197 Å². The summed E-state index contributed by atoms with van der Waals surface area (Å²) in [5.74, 6) is -0.735. The molecule has 0 spiro atoms. The second kappa shape index (κ2) is 9.67. The predicted octanol–water partition coefficient (Wildman–Crippen LogP) is 5.24. The number of aromatic hydroxyl groups is 2. The van der Waals surface area contributed by atoms with Gasteiger partial charge < -0.3 is 20.1 Å². The molecule has 0 saturated carbocycles. The lowest BCUT2D eigenvalue weighted by atomic mass is 10.0. The molecule has 0 saturated heterocycles. The Morgan fingerprint density at radius 3 is 2.50 bits per heavy atom. The average Bonchev–Trinajstić information content (AvgIpc) is 2.85. The zero-order valence-electron chi connectivity index (χ0n) is 19.0. The van der Waals surface area contributed by atoms with Gasteiger partial charge in [0.15, 0.2) is 5.78 Å². The molecule has 0 fully saturated rings. The van der Waals surface area contributed by atoms with Crippen molar-refractivity contribution in [2.24, 2.45) is 7.05 Å². The summed E-state index contributed by atoms with van der Waals surface area (Å²) >= 11 is 0. The van der Waals surface area contributed by atoms with Crippen molar-refractivity contribution >= 4 is 22.4 Å². The summed E-state index contributed by atoms with van der Waals surface area (Å²) in [6, 6.07) is 21.7. The number of anilines is 1. The largest absolute Gasteiger partial charge is 0.506 e. The number of carbonyl (C=O) groups is 1. The van der Waals surface area contributed by atoms with Gasteiger partial charge in [-0.15, -0.1) is 0 Å². The van der Waals surface area contributed by atoms with E-state index in [2.05, 4.69) is 5.32 Å². The van der Waals surface area contributed by atoms with Gasteiger partial charge in [0.2, 0.25) is 0 Å². The highest BCUT2D eigenvalue weighted by Gasteiger charge is 2.19. The van der Waals surface area contributed by atoms with Crippen LogP contribution in [0, 0.1) is 6.92 Å². The molecule has 4 rings (SSSR count). The van der Waals surface area contributed by atoms with E-state index in [1.54, 1.807) is 43.5 Å². The molecule has 3 aromatic carbocycles. The number of nitrogens with one attached hydrogen (secondary N) is 1. The van der Waals surface area contributed by atoms with Crippen molar-refractivity contribution in [3.63, 3.8) is 0 Å². The Kier molecular flexibility index (Phi) is 6.50. The van der Waals surface area contributed by atoms with Gasteiger partial charge >= 0.3 is 0 Å². The minimum absolute atomic E-state index is 0.135. The number of benzene rings is 3. The number of rotatable bonds is 7. The van der Waals surface area contributed by atoms with Gasteiger partial charge in [-0.1, -0.05) is 54.6 Å². The van der Waals surface area contributed by atoms with Crippen LogP contribution in [0.5, 0.6) is 11.5 Å². The number of aryl methyl sites for hydroxylation is 2. The van der Waals surface area contributed by atoms with E-state index in [0.29, 0.717) is 23.0 Å². The van der Waals surface area contributed by atoms with Crippen LogP contribution in [-0.2, 0) is 7.05 Å². The van der Waals surface area contributed by atoms with Crippen LogP contribution in [-0.4, -0.2) is 20.6 Å². The maximum absolute atomic E-state index is 12.9. The number of phenols is 1. The SMILES string of the molecule is Cc1ccc(O)c(N[C@@H](C/C=C/C(=O)c2c(O)c3ccccc3n(C)c2=O)c2ccccc2)c1. The third-order valence-electron chi connectivity index (χ3n) is 5.85. The molecule has 0 radical (unpaired) electrons. The summed E-state index contributed by atoms with van der Waals surface area (Å²) in [6.07, 6.45) is 3.41. The molecule has 6 heteroatoms. The molecule has 0 aliphatic carbocycles. The first-order valence-electron chi connectivity index (χ1n) is 11.0. The quantitative estimate of drug-likeness (QED) is 0.202. The number of para-hydroxylation sites is 1. The number of phenolic OH excluding ortho intramolecular Hbond substituents is 1. The van der Waals surface area contributed by atoms with Gasteiger partial charge in [0.05, 0.1) is 17.2 Å². The Bertz CT molecular complexity index is 1440. The summed E-state index contributed by atoms with van der Waals surface area (Å²) < 4.78 is 1.37. The molecule has 0 unspecified atom stereocenters. The van der Waals surface area contributed by atoms with Crippen molar-refractivity contribution in [1.82, 2.24) is 4.57 Å². The van der Waals surface area contributed by atoms with Crippen molar-refractivity contribution in [1.29, 1.82) is 0 Å². The number of aromatic nitrogens is 1. The molecule has 1 aromatic heterocycles. The van der Waals surface area contributed by atoms with Crippen molar-refractivity contribution in [3.8, 4) is 11.5 Å². The minimum Gasteiger partial charge on any atom is -0.506 e. The van der Waals surface area contributed by atoms with Crippen LogP contribution in [0.1, 0.15) is 33.9 Å². The van der Waals surface area contributed by atoms with E-state index in [-0.39, 0.29) is 23.1 Å². The molecular weight excluding hydrogens is 428 g/mol. The van der Waals surface area contributed by atoms with Gasteiger partial charge in [0.25, 0.3) is 5.56 Å². The van der Waals surface area contributed by atoms with Crippen LogP contribution < -0.4 is 10.9 Å². The lowest BCUT2D eigenvalue weighted by Crippen LogP contribution is -2.24. The highest BCUT2D eigenvalue weighted by Crippen LogP contribution is 2.30. The first-order chi connectivity index (χ1) is 16.4. The number of ketones is 1. The lowest BCUT2D eigenvalue weighted by molar-refractivity contribution is 0.104. The van der Waals surface area contributed by atoms with Gasteiger partial charge in [-0.3, -0.25) is 9.59 Å². The van der Waals surface area contributed by atoms with E-state index < -0.39 is 11.3 Å². The molecule has 0 aliphatic heterocycles. The van der Waals surface area contributed by atoms with E-state index >= 15 is 0 Å². The Balaban J connectivity index is 1.62. The first-order valence-corrected chi connectivity index (χ1v) is 11.0. The molecule has 3 N–H and O–H groups in total. The number of pyridine rings is 1. The molecular formula is C28H26N2O4. The van der Waals surface area contributed by atoms with Crippen LogP contribution in [0.2, 0.25) is 0 Å². The topological polar surface area (TPSA) is 91.6 Å². The van der Waals surface area contributed by atoms with Crippen LogP contribution >= 0.6 is 0 Å². The first kappa shape index (κ1) is 22.9. The van der Waals surface area contributed by atoms with Gasteiger partial charge in [0.1, 0.15) is 17.1 Å². The Hall–Kier alpha value is -4.32. The molecule has 0 bridgehead atoms. The van der Waals surface area contributed by atoms with Gasteiger partial charge in [-0.2, -0.15) is 0 Å². The molecule has 4 aromatic rings. The molecule has 34 heavy (non-hydrogen) atoms. The number of hydrogen-bond donors (Lipinski definition) is 3. The van der Waals surface area contributed by atoms with E-state index in [4.69, 9.17) is 0 Å². The smallest absolute Gasteiger partial charge is 0.265 e. The van der Waals surface area contributed by atoms with E-state index in [1.165, 1.54) is 10.6 Å². The van der Waals surface area contributed by atoms with E-state index in [9.17, 15) is 19.8 Å². The summed E-state index contributed by atoms with van der Waals surface area (Å²) in [5.41, 5.74) is 2.32. The second-order valence-electron chi connectivity index (χ2n) is 8.24. The van der Waals surface area contributed by atoms with Crippen LogP contribution in [0.3, 0.4) is 0 Å². The zero-order valence-corrected chi connectivity index (χ0v) is 19.0. The number of fused-ring (bicyclic) bond motifs is 1.